The summed E-state index contributed by atoms with van der Waals surface area (Å²) >= 11 is 7.76. The molecule has 1 spiro atoms. The molecular weight excluding hydrogens is 504 g/mol. The van der Waals surface area contributed by atoms with Gasteiger partial charge in [-0.25, -0.2) is 0 Å². The lowest BCUT2D eigenvalue weighted by atomic mass is 9.70. The smallest absolute Gasteiger partial charge is 0.230 e. The first kappa shape index (κ1) is 24.4. The Kier molecular flexibility index (Phi) is 6.91. The van der Waals surface area contributed by atoms with Gasteiger partial charge in [0, 0.05) is 46.6 Å². The van der Waals surface area contributed by atoms with E-state index in [9.17, 15) is 4.79 Å². The lowest BCUT2D eigenvalue weighted by Crippen LogP contribution is -2.45. The molecule has 0 saturated heterocycles. The molecule has 1 amide bonds. The molecule has 1 unspecified atom stereocenters. The molecule has 0 saturated carbocycles. The predicted octanol–water partition coefficient (Wildman–Crippen LogP) is 6.07. The van der Waals surface area contributed by atoms with E-state index in [0.717, 1.165) is 73.1 Å². The maximum atomic E-state index is 12.4. The van der Waals surface area contributed by atoms with E-state index >= 15 is 0 Å². The number of hydrogen-bond donors (Lipinski definition) is 1. The lowest BCUT2D eigenvalue weighted by molar-refractivity contribution is -0.119. The van der Waals surface area contributed by atoms with Crippen molar-refractivity contribution >= 4 is 35.1 Å². The second kappa shape index (κ2) is 10.5. The third kappa shape index (κ3) is 5.25. The van der Waals surface area contributed by atoms with Gasteiger partial charge in [0.1, 0.15) is 5.75 Å². The van der Waals surface area contributed by atoms with Crippen LogP contribution in [0.5, 0.6) is 5.75 Å². The summed E-state index contributed by atoms with van der Waals surface area (Å²) in [4.78, 5) is 15.8. The summed E-state index contributed by atoms with van der Waals surface area (Å²) in [6, 6.07) is 12.6. The van der Waals surface area contributed by atoms with Crippen molar-refractivity contribution < 1.29 is 9.53 Å². The van der Waals surface area contributed by atoms with Crippen molar-refractivity contribution in [2.75, 3.05) is 18.1 Å². The summed E-state index contributed by atoms with van der Waals surface area (Å²) < 4.78 is 11.6. The number of fused-ring (bicyclic) bond motifs is 5. The molecule has 8 heteroatoms. The molecule has 1 atom stereocenters. The quantitative estimate of drug-likeness (QED) is 0.280. The number of aromatic nitrogens is 2. The molecule has 192 valence electrons. The minimum absolute atomic E-state index is 0.0542. The Hall–Kier alpha value is -2.90. The molecule has 1 aromatic heterocycles. The Morgan fingerprint density at radius 1 is 1.11 bits per heavy atom. The number of anilines is 1. The molecular formula is C29H31ClN4O2S. The minimum atomic E-state index is -0.129. The van der Waals surface area contributed by atoms with Gasteiger partial charge in [-0.1, -0.05) is 29.8 Å². The molecule has 3 aliphatic rings. The van der Waals surface area contributed by atoms with Gasteiger partial charge in [-0.3, -0.25) is 14.2 Å². The zero-order chi connectivity index (χ0) is 25.2. The Balaban J connectivity index is 1.40. The Bertz CT molecular complexity index is 1340. The lowest BCUT2D eigenvalue weighted by Gasteiger charge is -2.40. The fraction of sp³-hybridized carbons (Fsp3) is 0.379. The fourth-order valence-corrected chi connectivity index (χ4v) is 6.63. The number of hydrogen-bond acceptors (Lipinski definition) is 5. The molecule has 4 bridgehead atoms. The van der Waals surface area contributed by atoms with Gasteiger partial charge in [-0.05, 0) is 85.5 Å². The maximum absolute atomic E-state index is 12.4. The molecule has 2 aliphatic heterocycles. The number of carbonyl (C=O) groups is 1. The number of allylic oxidation sites excluding steroid dienone is 2. The van der Waals surface area contributed by atoms with Crippen molar-refractivity contribution in [3.05, 3.63) is 82.7 Å². The van der Waals surface area contributed by atoms with Gasteiger partial charge >= 0.3 is 0 Å². The van der Waals surface area contributed by atoms with Crippen LogP contribution < -0.4 is 14.4 Å². The Morgan fingerprint density at radius 3 is 3.00 bits per heavy atom. The number of aryl methyl sites for hydroxylation is 1. The summed E-state index contributed by atoms with van der Waals surface area (Å²) in [5.41, 5.74) is 4.77. The van der Waals surface area contributed by atoms with E-state index in [1.165, 1.54) is 28.6 Å². The monoisotopic (exact) mass is 534 g/mol. The molecule has 1 N–H and O–H groups in total. The summed E-state index contributed by atoms with van der Waals surface area (Å²) in [7, 11) is 0. The molecule has 37 heavy (non-hydrogen) atoms. The largest absolute Gasteiger partial charge is 0.490 e. The third-order valence-electron chi connectivity index (χ3n) is 7.59. The van der Waals surface area contributed by atoms with Crippen LogP contribution in [0.3, 0.4) is 0 Å². The highest BCUT2D eigenvalue weighted by molar-refractivity contribution is 7.98. The number of carbonyl (C=O) groups excluding carboxylic acids is 1. The SMILES string of the molecule is O=C1CCC/C=C/Cn2cc(cn2)CN2CC3(CCCc4cc(Cl)ccc43)COc3ccc(cc32)SN1. The average molecular weight is 535 g/mol. The van der Waals surface area contributed by atoms with Crippen LogP contribution in [-0.4, -0.2) is 28.8 Å². The zero-order valence-electron chi connectivity index (χ0n) is 20.8. The van der Waals surface area contributed by atoms with E-state index in [1.54, 1.807) is 0 Å². The van der Waals surface area contributed by atoms with Crippen molar-refractivity contribution in [3.8, 4) is 5.75 Å². The highest BCUT2D eigenvalue weighted by Crippen LogP contribution is 2.45. The van der Waals surface area contributed by atoms with Crippen LogP contribution in [0.1, 0.15) is 48.8 Å². The van der Waals surface area contributed by atoms with E-state index in [-0.39, 0.29) is 11.3 Å². The van der Waals surface area contributed by atoms with Crippen molar-refractivity contribution in [3.63, 3.8) is 0 Å². The fourth-order valence-electron chi connectivity index (χ4n) is 5.79. The highest BCUT2D eigenvalue weighted by atomic mass is 35.5. The summed E-state index contributed by atoms with van der Waals surface area (Å²) in [6.45, 7) is 2.91. The first-order valence-corrected chi connectivity index (χ1v) is 14.2. The highest BCUT2D eigenvalue weighted by Gasteiger charge is 2.41. The number of nitrogens with one attached hydrogen (secondary N) is 1. The average Bonchev–Trinajstić information content (AvgIpc) is 3.28. The van der Waals surface area contributed by atoms with Crippen LogP contribution in [0.2, 0.25) is 5.02 Å². The second-order valence-electron chi connectivity index (χ2n) is 10.3. The molecule has 6 rings (SSSR count). The molecule has 1 aliphatic carbocycles. The van der Waals surface area contributed by atoms with E-state index in [2.05, 4.69) is 51.3 Å². The van der Waals surface area contributed by atoms with Gasteiger partial charge in [0.2, 0.25) is 5.91 Å². The maximum Gasteiger partial charge on any atom is 0.230 e. The van der Waals surface area contributed by atoms with Crippen molar-refractivity contribution in [1.82, 2.24) is 14.5 Å². The van der Waals surface area contributed by atoms with Crippen LogP contribution in [0.4, 0.5) is 5.69 Å². The van der Waals surface area contributed by atoms with Crippen LogP contribution in [-0.2, 0) is 29.7 Å². The summed E-state index contributed by atoms with van der Waals surface area (Å²) in [6.07, 6.45) is 13.8. The van der Waals surface area contributed by atoms with Gasteiger partial charge in [0.05, 0.1) is 25.0 Å². The summed E-state index contributed by atoms with van der Waals surface area (Å²) in [5, 5.41) is 5.40. The normalized spacial score (nSPS) is 22.8. The standard InChI is InChI=1S/C29H31ClN4O2S/c30-23-8-10-25-22(14-23)6-5-12-29(25)19-33-17-21-16-31-34(18-21)13-4-2-1-3-7-28(35)32-37-24-9-11-27(36-20-29)26(33)15-24/h2,4,8-11,14-16,18H,1,3,5-7,12-13,17,19-20H2,(H,32,35)/b4-2+. The Morgan fingerprint density at radius 2 is 2.05 bits per heavy atom. The number of benzene rings is 2. The third-order valence-corrected chi connectivity index (χ3v) is 8.64. The molecule has 0 fully saturated rings. The minimum Gasteiger partial charge on any atom is -0.490 e. The van der Waals surface area contributed by atoms with Crippen LogP contribution in [0.25, 0.3) is 0 Å². The van der Waals surface area contributed by atoms with Crippen LogP contribution in [0.15, 0.2) is 65.8 Å². The van der Waals surface area contributed by atoms with Crippen LogP contribution in [0, 0.1) is 0 Å². The van der Waals surface area contributed by atoms with Gasteiger partial charge in [-0.15, -0.1) is 0 Å². The first-order chi connectivity index (χ1) is 18.1. The number of rotatable bonds is 0. The van der Waals surface area contributed by atoms with E-state index in [4.69, 9.17) is 16.3 Å². The van der Waals surface area contributed by atoms with Crippen molar-refractivity contribution in [1.29, 1.82) is 0 Å². The van der Waals surface area contributed by atoms with Gasteiger partial charge < -0.3 is 9.64 Å². The van der Waals surface area contributed by atoms with Crippen LogP contribution >= 0.6 is 23.5 Å². The number of halogens is 1. The van der Waals surface area contributed by atoms with Crippen molar-refractivity contribution in [2.45, 2.75) is 61.9 Å². The first-order valence-electron chi connectivity index (χ1n) is 13.0. The van der Waals surface area contributed by atoms with E-state index < -0.39 is 0 Å². The number of amides is 1. The van der Waals surface area contributed by atoms with Crippen molar-refractivity contribution in [2.24, 2.45) is 0 Å². The molecule has 6 nitrogen and oxygen atoms in total. The number of nitrogens with zero attached hydrogens (tertiary/aromatic N) is 3. The van der Waals surface area contributed by atoms with E-state index in [0.29, 0.717) is 13.0 Å². The Labute approximate surface area is 227 Å². The molecule has 3 heterocycles. The molecule has 2 aromatic carbocycles. The second-order valence-corrected chi connectivity index (χ2v) is 11.6. The molecule has 3 aromatic rings. The van der Waals surface area contributed by atoms with E-state index in [1.807, 2.05) is 29.1 Å². The molecule has 0 radical (unpaired) electrons. The predicted molar refractivity (Wildman–Crippen MR) is 148 cm³/mol. The number of ether oxygens (including phenoxy) is 1. The van der Waals surface area contributed by atoms with Gasteiger partial charge in [0.25, 0.3) is 0 Å². The zero-order valence-corrected chi connectivity index (χ0v) is 22.4. The van der Waals surface area contributed by atoms with Gasteiger partial charge in [-0.2, -0.15) is 5.10 Å². The summed E-state index contributed by atoms with van der Waals surface area (Å²) in [5.74, 6) is 0.931. The van der Waals surface area contributed by atoms with Gasteiger partial charge in [0.15, 0.2) is 0 Å². The topological polar surface area (TPSA) is 59.4 Å².